The number of hydrogen-bond donors (Lipinski definition) is 2. The van der Waals surface area contributed by atoms with E-state index >= 15 is 0 Å². The molecule has 0 aliphatic carbocycles. The number of nitrogens with zero attached hydrogens (tertiary/aromatic N) is 1. The van der Waals surface area contributed by atoms with Crippen LogP contribution in [-0.2, 0) is 11.2 Å². The van der Waals surface area contributed by atoms with Crippen LogP contribution in [0.25, 0.3) is 11.1 Å². The van der Waals surface area contributed by atoms with E-state index in [9.17, 15) is 9.59 Å². The van der Waals surface area contributed by atoms with E-state index in [-0.39, 0.29) is 23.0 Å². The minimum absolute atomic E-state index is 0.0137. The van der Waals surface area contributed by atoms with E-state index in [1.54, 1.807) is 0 Å². The van der Waals surface area contributed by atoms with Crippen molar-refractivity contribution < 1.29 is 19.1 Å². The van der Waals surface area contributed by atoms with Gasteiger partial charge in [-0.3, -0.25) is 4.79 Å². The van der Waals surface area contributed by atoms with Gasteiger partial charge in [0.1, 0.15) is 5.52 Å². The Labute approximate surface area is 95.5 Å². The van der Waals surface area contributed by atoms with E-state index in [1.165, 1.54) is 18.2 Å². The predicted molar refractivity (Wildman–Crippen MR) is 58.7 cm³/mol. The number of aromatic nitrogens is 1. The van der Waals surface area contributed by atoms with Gasteiger partial charge in [0.05, 0.1) is 12.0 Å². The fourth-order valence-electron chi connectivity index (χ4n) is 1.31. The van der Waals surface area contributed by atoms with Crippen LogP contribution in [0.3, 0.4) is 0 Å². The Hall–Kier alpha value is -1.82. The average Bonchev–Trinajstić information content (AvgIpc) is 2.56. The molecule has 0 aliphatic rings. The van der Waals surface area contributed by atoms with Gasteiger partial charge in [0.15, 0.2) is 10.7 Å². The van der Waals surface area contributed by atoms with Crippen molar-refractivity contribution >= 4 is 34.8 Å². The Morgan fingerprint density at radius 3 is 2.81 bits per heavy atom. The van der Waals surface area contributed by atoms with Gasteiger partial charge < -0.3 is 9.52 Å². The second kappa shape index (κ2) is 3.97. The number of fused-ring (bicyclic) bond motifs is 1. The summed E-state index contributed by atoms with van der Waals surface area (Å²) in [4.78, 5) is 25.4. The van der Waals surface area contributed by atoms with E-state index in [4.69, 9.17) is 9.52 Å². The van der Waals surface area contributed by atoms with Crippen LogP contribution in [0.4, 0.5) is 0 Å². The van der Waals surface area contributed by atoms with Gasteiger partial charge in [-0.1, -0.05) is 0 Å². The second-order valence-corrected chi connectivity index (χ2v) is 3.66. The highest BCUT2D eigenvalue weighted by Crippen LogP contribution is 2.18. The van der Waals surface area contributed by atoms with Crippen LogP contribution in [0.5, 0.6) is 0 Å². The van der Waals surface area contributed by atoms with Gasteiger partial charge in [-0.15, -0.1) is 12.6 Å². The van der Waals surface area contributed by atoms with Crippen molar-refractivity contribution in [1.82, 2.24) is 4.98 Å². The van der Waals surface area contributed by atoms with Crippen LogP contribution in [-0.4, -0.2) is 21.2 Å². The zero-order valence-corrected chi connectivity index (χ0v) is 8.90. The molecule has 0 saturated carbocycles. The van der Waals surface area contributed by atoms with Gasteiger partial charge in [-0.05, 0) is 18.2 Å². The summed E-state index contributed by atoms with van der Waals surface area (Å²) in [5.41, 5.74) is 1.00. The predicted octanol–water partition coefficient (Wildman–Crippen LogP) is 1.52. The molecular weight excluding hydrogens is 230 g/mol. The number of carbonyl (C=O) groups excluding carboxylic acids is 1. The van der Waals surface area contributed by atoms with Crippen LogP contribution >= 0.6 is 12.6 Å². The molecule has 0 radical (unpaired) electrons. The van der Waals surface area contributed by atoms with Gasteiger partial charge in [-0.25, -0.2) is 9.78 Å². The molecule has 0 amide bonds. The van der Waals surface area contributed by atoms with Crippen molar-refractivity contribution in [3.8, 4) is 0 Å². The lowest BCUT2D eigenvalue weighted by molar-refractivity contribution is -0.110. The van der Waals surface area contributed by atoms with Crippen molar-refractivity contribution in [3.05, 3.63) is 29.7 Å². The highest BCUT2D eigenvalue weighted by molar-refractivity contribution is 7.96. The summed E-state index contributed by atoms with van der Waals surface area (Å²) in [5, 5.41) is 8.42. The molecule has 5 nitrogen and oxygen atoms in total. The Morgan fingerprint density at radius 1 is 1.44 bits per heavy atom. The third-order valence-corrected chi connectivity index (χ3v) is 2.14. The monoisotopic (exact) mass is 237 g/mol. The average molecular weight is 237 g/mol. The van der Waals surface area contributed by atoms with Gasteiger partial charge >= 0.3 is 5.97 Å². The highest BCUT2D eigenvalue weighted by atomic mass is 32.1. The number of rotatable bonds is 3. The molecule has 0 spiro atoms. The molecular formula is C10H7NO4S. The highest BCUT2D eigenvalue weighted by Gasteiger charge is 2.10. The minimum atomic E-state index is -1.03. The van der Waals surface area contributed by atoms with Gasteiger partial charge in [0.2, 0.25) is 5.89 Å². The summed E-state index contributed by atoms with van der Waals surface area (Å²) in [5.74, 6) is -0.797. The number of thiol groups is 1. The molecule has 1 N–H and O–H groups in total. The minimum Gasteiger partial charge on any atom is -0.478 e. The number of hydrogen-bond acceptors (Lipinski definition) is 4. The third-order valence-electron chi connectivity index (χ3n) is 1.98. The number of carboxylic acids is 1. The number of aromatic carboxylic acids is 1. The molecule has 1 heterocycles. The number of oxazole rings is 1. The first kappa shape index (κ1) is 10.7. The van der Waals surface area contributed by atoms with E-state index in [2.05, 4.69) is 17.6 Å². The smallest absolute Gasteiger partial charge is 0.335 e. The number of carboxylic acid groups (broad SMARTS) is 1. The van der Waals surface area contributed by atoms with E-state index in [1.807, 2.05) is 0 Å². The Bertz CT molecular complexity index is 575. The normalized spacial score (nSPS) is 10.6. The van der Waals surface area contributed by atoms with Crippen molar-refractivity contribution in [3.63, 3.8) is 0 Å². The van der Waals surface area contributed by atoms with Gasteiger partial charge in [0, 0.05) is 0 Å². The first-order valence-corrected chi connectivity index (χ1v) is 4.85. The maximum absolute atomic E-state index is 10.7. The lowest BCUT2D eigenvalue weighted by Crippen LogP contribution is -1.95. The Kier molecular flexibility index (Phi) is 2.66. The maximum atomic E-state index is 10.7. The van der Waals surface area contributed by atoms with Crippen LogP contribution < -0.4 is 0 Å². The summed E-state index contributed by atoms with van der Waals surface area (Å²) < 4.78 is 5.24. The van der Waals surface area contributed by atoms with Crippen molar-refractivity contribution in [2.24, 2.45) is 0 Å². The first-order chi connectivity index (χ1) is 7.56. The fraction of sp³-hybridized carbons (Fsp3) is 0.100. The lowest BCUT2D eigenvalue weighted by Gasteiger charge is -1.91. The molecule has 16 heavy (non-hydrogen) atoms. The van der Waals surface area contributed by atoms with Crippen LogP contribution in [0, 0.1) is 0 Å². The molecule has 6 heteroatoms. The number of benzene rings is 1. The molecule has 0 unspecified atom stereocenters. The topological polar surface area (TPSA) is 80.4 Å². The molecule has 0 bridgehead atoms. The van der Waals surface area contributed by atoms with Crippen molar-refractivity contribution in [2.45, 2.75) is 6.42 Å². The summed E-state index contributed by atoms with van der Waals surface area (Å²) in [6.45, 7) is 0. The summed E-state index contributed by atoms with van der Waals surface area (Å²) in [7, 11) is 0. The third kappa shape index (κ3) is 2.06. The summed E-state index contributed by atoms with van der Waals surface area (Å²) >= 11 is 3.61. The van der Waals surface area contributed by atoms with Crippen molar-refractivity contribution in [1.29, 1.82) is 0 Å². The Balaban J connectivity index is 2.45. The van der Waals surface area contributed by atoms with Gasteiger partial charge in [0.25, 0.3) is 0 Å². The lowest BCUT2D eigenvalue weighted by atomic mass is 10.2. The summed E-state index contributed by atoms with van der Waals surface area (Å²) in [6.07, 6.45) is -0.0137. The van der Waals surface area contributed by atoms with Crippen LogP contribution in [0.1, 0.15) is 16.2 Å². The van der Waals surface area contributed by atoms with Crippen LogP contribution in [0.15, 0.2) is 22.6 Å². The first-order valence-electron chi connectivity index (χ1n) is 4.41. The largest absolute Gasteiger partial charge is 0.478 e. The molecule has 0 aliphatic heterocycles. The molecule has 0 fully saturated rings. The van der Waals surface area contributed by atoms with Crippen LogP contribution in [0.2, 0.25) is 0 Å². The van der Waals surface area contributed by atoms with E-state index in [0.717, 1.165) is 0 Å². The molecule has 1 aromatic heterocycles. The molecule has 0 saturated heterocycles. The maximum Gasteiger partial charge on any atom is 0.335 e. The van der Waals surface area contributed by atoms with E-state index < -0.39 is 5.97 Å². The molecule has 2 rings (SSSR count). The van der Waals surface area contributed by atoms with E-state index in [0.29, 0.717) is 11.1 Å². The zero-order valence-electron chi connectivity index (χ0n) is 8.01. The summed E-state index contributed by atoms with van der Waals surface area (Å²) in [6, 6.07) is 4.33. The molecule has 1 aromatic carbocycles. The Morgan fingerprint density at radius 2 is 2.19 bits per heavy atom. The standard InChI is InChI=1S/C10H7NO4S/c12-9(16)4-8-11-6-3-5(10(13)14)1-2-7(6)15-8/h1-3H,4H2,(H,12,16)(H,13,14). The fourth-order valence-corrected chi connectivity index (χ4v) is 1.45. The second-order valence-electron chi connectivity index (χ2n) is 3.17. The molecule has 2 aromatic rings. The molecule has 0 atom stereocenters. The quantitative estimate of drug-likeness (QED) is 0.791. The zero-order chi connectivity index (χ0) is 11.7. The SMILES string of the molecule is O=C(S)Cc1nc2cc(C(=O)O)ccc2o1. The van der Waals surface area contributed by atoms with Gasteiger partial charge in [-0.2, -0.15) is 0 Å². The number of carbonyl (C=O) groups is 2. The molecule has 82 valence electrons. The van der Waals surface area contributed by atoms with Crippen molar-refractivity contribution in [2.75, 3.05) is 0 Å².